The number of aliphatic carboxylic acids is 1. The lowest BCUT2D eigenvalue weighted by molar-refractivity contribution is -0.141. The van der Waals surface area contributed by atoms with Gasteiger partial charge >= 0.3 is 5.97 Å². The van der Waals surface area contributed by atoms with Crippen molar-refractivity contribution in [2.45, 2.75) is 87.6 Å². The van der Waals surface area contributed by atoms with Crippen LogP contribution < -0.4 is 4.90 Å². The number of hydrogen-bond donors (Lipinski definition) is 1. The fourth-order valence-electron chi connectivity index (χ4n) is 5.40. The molecule has 1 aromatic carbocycles. The summed E-state index contributed by atoms with van der Waals surface area (Å²) in [6, 6.07) is 6.55. The molecule has 1 heterocycles. The highest BCUT2D eigenvalue weighted by atomic mass is 32.2. The first-order valence-corrected chi connectivity index (χ1v) is 13.0. The zero-order chi connectivity index (χ0) is 22.0. The number of nitrogens with zero attached hydrogens (tertiary/aromatic N) is 2. The predicted octanol–water partition coefficient (Wildman–Crippen LogP) is 3.78. The summed E-state index contributed by atoms with van der Waals surface area (Å²) in [5.74, 6) is -1.94. The van der Waals surface area contributed by atoms with E-state index in [9.17, 15) is 23.1 Å². The monoisotopic (exact) mass is 448 g/mol. The average Bonchev–Trinajstić information content (AvgIpc) is 3.17. The summed E-state index contributed by atoms with van der Waals surface area (Å²) in [5.41, 5.74) is 0.551. The van der Waals surface area contributed by atoms with Crippen LogP contribution in [0.2, 0.25) is 0 Å². The third-order valence-electron chi connectivity index (χ3n) is 7.07. The predicted molar refractivity (Wildman–Crippen MR) is 117 cm³/mol. The number of carbonyl (C=O) groups is 2. The van der Waals surface area contributed by atoms with E-state index >= 15 is 0 Å². The molecule has 31 heavy (non-hydrogen) atoms. The molecule has 3 aliphatic rings. The maximum Gasteiger partial charge on any atom is 0.308 e. The van der Waals surface area contributed by atoms with Gasteiger partial charge in [0.1, 0.15) is 0 Å². The Balaban J connectivity index is 1.58. The second-order valence-electron chi connectivity index (χ2n) is 9.16. The van der Waals surface area contributed by atoms with E-state index in [0.717, 1.165) is 51.4 Å². The van der Waals surface area contributed by atoms with Crippen molar-refractivity contribution in [3.05, 3.63) is 24.3 Å². The summed E-state index contributed by atoms with van der Waals surface area (Å²) in [7, 11) is -3.64. The zero-order valence-electron chi connectivity index (χ0n) is 17.9. The van der Waals surface area contributed by atoms with E-state index in [4.69, 9.17) is 0 Å². The first-order chi connectivity index (χ1) is 14.9. The summed E-state index contributed by atoms with van der Waals surface area (Å²) in [6.07, 6.45) is 10.3. The molecule has 170 valence electrons. The van der Waals surface area contributed by atoms with Gasteiger partial charge in [0.15, 0.2) is 0 Å². The molecule has 7 nitrogen and oxygen atoms in total. The Bertz CT molecular complexity index is 884. The number of sulfonamides is 1. The fourth-order valence-corrected chi connectivity index (χ4v) is 7.33. The summed E-state index contributed by atoms with van der Waals surface area (Å²) in [4.78, 5) is 25.1. The first kappa shape index (κ1) is 22.3. The summed E-state index contributed by atoms with van der Waals surface area (Å²) in [6.45, 7) is 0.122. The van der Waals surface area contributed by atoms with Crippen LogP contribution in [0, 0.1) is 5.92 Å². The molecule has 4 rings (SSSR count). The molecule has 8 heteroatoms. The number of carboxylic acids is 1. The molecule has 0 aromatic heterocycles. The minimum absolute atomic E-state index is 0.0213. The Labute approximate surface area is 184 Å². The van der Waals surface area contributed by atoms with Crippen molar-refractivity contribution in [2.75, 3.05) is 11.4 Å². The van der Waals surface area contributed by atoms with Crippen LogP contribution in [0.1, 0.15) is 70.6 Å². The highest BCUT2D eigenvalue weighted by Crippen LogP contribution is 2.35. The smallest absolute Gasteiger partial charge is 0.308 e. The van der Waals surface area contributed by atoms with Crippen LogP contribution in [0.3, 0.4) is 0 Å². The van der Waals surface area contributed by atoms with Crippen molar-refractivity contribution < 1.29 is 23.1 Å². The van der Waals surface area contributed by atoms with Gasteiger partial charge in [-0.15, -0.1) is 0 Å². The van der Waals surface area contributed by atoms with Crippen LogP contribution in [0.25, 0.3) is 0 Å². The third kappa shape index (κ3) is 4.65. The molecule has 0 spiro atoms. The largest absolute Gasteiger partial charge is 0.481 e. The van der Waals surface area contributed by atoms with Crippen molar-refractivity contribution in [1.82, 2.24) is 4.31 Å². The molecule has 2 saturated carbocycles. The van der Waals surface area contributed by atoms with Crippen molar-refractivity contribution in [3.63, 3.8) is 0 Å². The van der Waals surface area contributed by atoms with E-state index in [1.165, 1.54) is 17.7 Å². The van der Waals surface area contributed by atoms with Crippen LogP contribution in [0.5, 0.6) is 0 Å². The van der Waals surface area contributed by atoms with Crippen molar-refractivity contribution >= 4 is 27.6 Å². The highest BCUT2D eigenvalue weighted by Gasteiger charge is 2.39. The molecule has 1 saturated heterocycles. The van der Waals surface area contributed by atoms with Crippen LogP contribution in [-0.2, 0) is 19.6 Å². The van der Waals surface area contributed by atoms with Crippen LogP contribution in [-0.4, -0.2) is 48.3 Å². The molecule has 0 bridgehead atoms. The molecule has 3 fully saturated rings. The number of amides is 1. The van der Waals surface area contributed by atoms with Gasteiger partial charge in [-0.1, -0.05) is 38.5 Å². The van der Waals surface area contributed by atoms with Crippen LogP contribution in [0.4, 0.5) is 5.69 Å². The Morgan fingerprint density at radius 1 is 0.903 bits per heavy atom. The maximum atomic E-state index is 13.7. The number of anilines is 1. The van der Waals surface area contributed by atoms with E-state index in [2.05, 4.69) is 0 Å². The molecular formula is C23H32N2O5S. The fraction of sp³-hybridized carbons (Fsp3) is 0.652. The lowest BCUT2D eigenvalue weighted by Crippen LogP contribution is -2.48. The molecule has 0 radical (unpaired) electrons. The topological polar surface area (TPSA) is 95.0 Å². The highest BCUT2D eigenvalue weighted by molar-refractivity contribution is 7.89. The number of carbonyl (C=O) groups excluding carboxylic acids is 1. The van der Waals surface area contributed by atoms with Crippen LogP contribution >= 0.6 is 0 Å². The Kier molecular flexibility index (Phi) is 6.67. The summed E-state index contributed by atoms with van der Waals surface area (Å²) < 4.78 is 29.3. The summed E-state index contributed by atoms with van der Waals surface area (Å²) in [5, 5.41) is 9.19. The van der Waals surface area contributed by atoms with Gasteiger partial charge in [0.25, 0.3) is 0 Å². The van der Waals surface area contributed by atoms with E-state index in [-0.39, 0.29) is 35.9 Å². The van der Waals surface area contributed by atoms with E-state index in [1.807, 2.05) is 4.31 Å². The molecule has 1 N–H and O–H groups in total. The van der Waals surface area contributed by atoms with Crippen molar-refractivity contribution in [2.24, 2.45) is 5.92 Å². The molecule has 1 atom stereocenters. The van der Waals surface area contributed by atoms with Gasteiger partial charge in [-0.05, 0) is 49.9 Å². The number of benzene rings is 1. The molecule has 1 amide bonds. The standard InChI is InChI=1S/C23H32N2O5S/c26-22-15-17(23(27)28)16-24(22)18-11-13-21(14-12-18)31(29,30)25(19-7-3-1-4-8-19)20-9-5-2-6-10-20/h11-14,17,19-20H,1-10,15-16H2,(H,27,28). The quantitative estimate of drug-likeness (QED) is 0.715. The van der Waals surface area contributed by atoms with Crippen molar-refractivity contribution in [1.29, 1.82) is 0 Å². The Morgan fingerprint density at radius 3 is 1.87 bits per heavy atom. The van der Waals surface area contributed by atoms with E-state index in [1.54, 1.807) is 24.3 Å². The number of carboxylic acid groups (broad SMARTS) is 1. The SMILES string of the molecule is O=C(O)C1CC(=O)N(c2ccc(S(=O)(=O)N(C3CCCCC3)C3CCCCC3)cc2)C1. The summed E-state index contributed by atoms with van der Waals surface area (Å²) >= 11 is 0. The lowest BCUT2D eigenvalue weighted by atomic mass is 9.91. The molecule has 1 unspecified atom stereocenters. The lowest BCUT2D eigenvalue weighted by Gasteiger charge is -2.40. The number of rotatable bonds is 6. The first-order valence-electron chi connectivity index (χ1n) is 11.5. The van der Waals surface area contributed by atoms with Gasteiger partial charge in [0.2, 0.25) is 15.9 Å². The molecular weight excluding hydrogens is 416 g/mol. The molecule has 2 aliphatic carbocycles. The normalized spacial score (nSPS) is 24.1. The van der Waals surface area contributed by atoms with Gasteiger partial charge in [-0.2, -0.15) is 4.31 Å². The average molecular weight is 449 g/mol. The third-order valence-corrected chi connectivity index (χ3v) is 9.09. The minimum Gasteiger partial charge on any atom is -0.481 e. The minimum atomic E-state index is -3.64. The van der Waals surface area contributed by atoms with E-state index < -0.39 is 21.9 Å². The van der Waals surface area contributed by atoms with Gasteiger partial charge in [-0.25, -0.2) is 8.42 Å². The molecule has 1 aromatic rings. The second kappa shape index (κ2) is 9.28. The van der Waals surface area contributed by atoms with Gasteiger partial charge in [0.05, 0.1) is 10.8 Å². The number of hydrogen-bond acceptors (Lipinski definition) is 4. The second-order valence-corrected chi connectivity index (χ2v) is 11.0. The maximum absolute atomic E-state index is 13.7. The Hall–Kier alpha value is -1.93. The van der Waals surface area contributed by atoms with Gasteiger partial charge in [-0.3, -0.25) is 9.59 Å². The van der Waals surface area contributed by atoms with Gasteiger partial charge < -0.3 is 10.0 Å². The van der Waals surface area contributed by atoms with Gasteiger partial charge in [0, 0.05) is 30.7 Å². The molecule has 1 aliphatic heterocycles. The van der Waals surface area contributed by atoms with Crippen LogP contribution in [0.15, 0.2) is 29.2 Å². The zero-order valence-corrected chi connectivity index (χ0v) is 18.7. The van der Waals surface area contributed by atoms with E-state index in [0.29, 0.717) is 5.69 Å². The van der Waals surface area contributed by atoms with Crippen molar-refractivity contribution in [3.8, 4) is 0 Å². The Morgan fingerprint density at radius 2 is 1.42 bits per heavy atom.